The Kier molecular flexibility index (Phi) is 3.94. The number of aliphatic hydroxyl groups is 2. The number of nitrogens with zero attached hydrogens (tertiary/aromatic N) is 1. The highest BCUT2D eigenvalue weighted by atomic mass is 16.3. The van der Waals surface area contributed by atoms with Gasteiger partial charge in [0.25, 0.3) is 0 Å². The van der Waals surface area contributed by atoms with Crippen molar-refractivity contribution in [2.45, 2.75) is 47.1 Å². The molecule has 0 radical (unpaired) electrons. The third kappa shape index (κ3) is 2.54. The fourth-order valence-corrected chi connectivity index (χ4v) is 2.27. The number of rotatable bonds is 3. The summed E-state index contributed by atoms with van der Waals surface area (Å²) in [6.45, 7) is 9.34. The molecule has 16 heavy (non-hydrogen) atoms. The first-order valence-corrected chi connectivity index (χ1v) is 5.57. The van der Waals surface area contributed by atoms with Crippen LogP contribution >= 0.6 is 0 Å². The van der Waals surface area contributed by atoms with Crippen molar-refractivity contribution < 1.29 is 10.2 Å². The third-order valence-corrected chi connectivity index (χ3v) is 2.70. The van der Waals surface area contributed by atoms with Crippen LogP contribution in [0.15, 0.2) is 12.1 Å². The van der Waals surface area contributed by atoms with Crippen LogP contribution in [0, 0.1) is 20.8 Å². The zero-order valence-electron chi connectivity index (χ0n) is 10.7. The maximum Gasteiger partial charge on any atom is 0.126 e. The number of aliphatic hydroxyl groups excluding tert-OH is 2. The van der Waals surface area contributed by atoms with Crippen molar-refractivity contribution in [1.82, 2.24) is 0 Å². The van der Waals surface area contributed by atoms with E-state index in [2.05, 4.69) is 12.1 Å². The molecule has 3 heteroatoms. The Morgan fingerprint density at radius 3 is 1.62 bits per heavy atom. The Morgan fingerprint density at radius 2 is 1.31 bits per heavy atom. The van der Waals surface area contributed by atoms with E-state index < -0.39 is 12.5 Å². The minimum Gasteiger partial charge on any atom is -0.374 e. The highest BCUT2D eigenvalue weighted by Gasteiger charge is 2.20. The van der Waals surface area contributed by atoms with Crippen molar-refractivity contribution in [2.24, 2.45) is 0 Å². The molecular weight excluding hydrogens is 202 g/mol. The van der Waals surface area contributed by atoms with Crippen molar-refractivity contribution >= 4 is 5.69 Å². The lowest BCUT2D eigenvalue weighted by Crippen LogP contribution is -2.41. The first kappa shape index (κ1) is 13.0. The molecule has 0 fully saturated rings. The van der Waals surface area contributed by atoms with E-state index in [1.807, 2.05) is 20.8 Å². The van der Waals surface area contributed by atoms with Gasteiger partial charge in [-0.2, -0.15) is 0 Å². The summed E-state index contributed by atoms with van der Waals surface area (Å²) >= 11 is 0. The standard InChI is InChI=1S/C13H21NO2/c1-8-6-9(2)13(10(3)7-8)14(11(4)15)12(5)16/h6-7,11-12,15-16H,1-5H3. The molecular formula is C13H21NO2. The van der Waals surface area contributed by atoms with Crippen molar-refractivity contribution in [3.63, 3.8) is 0 Å². The van der Waals surface area contributed by atoms with Crippen LogP contribution < -0.4 is 4.90 Å². The Labute approximate surface area is 97.3 Å². The molecule has 0 aliphatic carbocycles. The third-order valence-electron chi connectivity index (χ3n) is 2.70. The van der Waals surface area contributed by atoms with Crippen LogP contribution in [0.1, 0.15) is 30.5 Å². The number of aryl methyl sites for hydroxylation is 3. The summed E-state index contributed by atoms with van der Waals surface area (Å²) in [5, 5.41) is 19.4. The summed E-state index contributed by atoms with van der Waals surface area (Å²) in [4.78, 5) is 1.62. The second kappa shape index (κ2) is 4.85. The molecule has 1 aromatic carbocycles. The lowest BCUT2D eigenvalue weighted by Gasteiger charge is -2.33. The van der Waals surface area contributed by atoms with E-state index >= 15 is 0 Å². The van der Waals surface area contributed by atoms with Crippen molar-refractivity contribution in [3.05, 3.63) is 28.8 Å². The number of hydrogen-bond donors (Lipinski definition) is 2. The Bertz CT molecular complexity index is 341. The normalized spacial score (nSPS) is 14.7. The van der Waals surface area contributed by atoms with Gasteiger partial charge in [-0.15, -0.1) is 0 Å². The molecule has 90 valence electrons. The molecule has 0 spiro atoms. The summed E-state index contributed by atoms with van der Waals surface area (Å²) in [6, 6.07) is 4.11. The van der Waals surface area contributed by atoms with Crippen LogP contribution in [0.25, 0.3) is 0 Å². The molecule has 0 aliphatic rings. The molecule has 2 unspecified atom stereocenters. The van der Waals surface area contributed by atoms with E-state index in [9.17, 15) is 10.2 Å². The molecule has 0 saturated carbocycles. The minimum atomic E-state index is -0.708. The van der Waals surface area contributed by atoms with E-state index in [1.54, 1.807) is 18.7 Å². The second-order valence-electron chi connectivity index (χ2n) is 4.42. The quantitative estimate of drug-likeness (QED) is 0.771. The van der Waals surface area contributed by atoms with Crippen molar-refractivity contribution in [3.8, 4) is 0 Å². The first-order valence-electron chi connectivity index (χ1n) is 5.57. The van der Waals surface area contributed by atoms with Gasteiger partial charge in [0.2, 0.25) is 0 Å². The summed E-state index contributed by atoms with van der Waals surface area (Å²) < 4.78 is 0. The van der Waals surface area contributed by atoms with E-state index in [-0.39, 0.29) is 0 Å². The number of benzene rings is 1. The predicted molar refractivity (Wildman–Crippen MR) is 66.5 cm³/mol. The summed E-state index contributed by atoms with van der Waals surface area (Å²) in [5.41, 5.74) is 4.24. The fourth-order valence-electron chi connectivity index (χ4n) is 2.27. The largest absolute Gasteiger partial charge is 0.374 e. The summed E-state index contributed by atoms with van der Waals surface area (Å²) in [6.07, 6.45) is -1.42. The molecule has 1 rings (SSSR count). The lowest BCUT2D eigenvalue weighted by molar-refractivity contribution is 0.104. The molecule has 0 amide bonds. The smallest absolute Gasteiger partial charge is 0.126 e. The van der Waals surface area contributed by atoms with Gasteiger partial charge in [0.05, 0.1) is 0 Å². The Balaban J connectivity index is 3.29. The van der Waals surface area contributed by atoms with Crippen LogP contribution in [-0.4, -0.2) is 22.7 Å². The van der Waals surface area contributed by atoms with Gasteiger partial charge in [0, 0.05) is 5.69 Å². The maximum atomic E-state index is 9.72. The first-order chi connectivity index (χ1) is 7.34. The molecule has 0 aliphatic heterocycles. The summed E-state index contributed by atoms with van der Waals surface area (Å²) in [7, 11) is 0. The predicted octanol–water partition coefficient (Wildman–Crippen LogP) is 2.09. The molecule has 0 heterocycles. The van der Waals surface area contributed by atoms with E-state index in [1.165, 1.54) is 5.56 Å². The van der Waals surface area contributed by atoms with Gasteiger partial charge < -0.3 is 15.1 Å². The van der Waals surface area contributed by atoms with Crippen molar-refractivity contribution in [1.29, 1.82) is 0 Å². The average Bonchev–Trinajstić information content (AvgIpc) is 2.09. The van der Waals surface area contributed by atoms with Gasteiger partial charge in [0.1, 0.15) is 12.5 Å². The van der Waals surface area contributed by atoms with Crippen LogP contribution in [-0.2, 0) is 0 Å². The monoisotopic (exact) mass is 223 g/mol. The van der Waals surface area contributed by atoms with E-state index in [0.29, 0.717) is 0 Å². The minimum absolute atomic E-state index is 0.708. The zero-order valence-corrected chi connectivity index (χ0v) is 10.7. The van der Waals surface area contributed by atoms with Crippen molar-refractivity contribution in [2.75, 3.05) is 4.90 Å². The molecule has 2 atom stereocenters. The highest BCUT2D eigenvalue weighted by Crippen LogP contribution is 2.28. The average molecular weight is 223 g/mol. The molecule has 2 N–H and O–H groups in total. The van der Waals surface area contributed by atoms with Crippen LogP contribution in [0.5, 0.6) is 0 Å². The van der Waals surface area contributed by atoms with Gasteiger partial charge in [0.15, 0.2) is 0 Å². The molecule has 3 nitrogen and oxygen atoms in total. The second-order valence-corrected chi connectivity index (χ2v) is 4.42. The fraction of sp³-hybridized carbons (Fsp3) is 0.538. The van der Waals surface area contributed by atoms with Crippen LogP contribution in [0.4, 0.5) is 5.69 Å². The van der Waals surface area contributed by atoms with Crippen LogP contribution in [0.3, 0.4) is 0 Å². The number of anilines is 1. The molecule has 0 bridgehead atoms. The molecule has 0 aromatic heterocycles. The highest BCUT2D eigenvalue weighted by molar-refractivity contribution is 5.60. The topological polar surface area (TPSA) is 43.7 Å². The number of hydrogen-bond acceptors (Lipinski definition) is 3. The molecule has 0 saturated heterocycles. The Hall–Kier alpha value is -1.06. The van der Waals surface area contributed by atoms with E-state index in [0.717, 1.165) is 16.8 Å². The maximum absolute atomic E-state index is 9.72. The zero-order chi connectivity index (χ0) is 12.5. The summed E-state index contributed by atoms with van der Waals surface area (Å²) in [5.74, 6) is 0. The van der Waals surface area contributed by atoms with Gasteiger partial charge in [-0.1, -0.05) is 17.7 Å². The van der Waals surface area contributed by atoms with Crippen LogP contribution in [0.2, 0.25) is 0 Å². The van der Waals surface area contributed by atoms with E-state index in [4.69, 9.17) is 0 Å². The molecule has 1 aromatic rings. The van der Waals surface area contributed by atoms with Gasteiger partial charge >= 0.3 is 0 Å². The lowest BCUT2D eigenvalue weighted by atomic mass is 10.0. The Morgan fingerprint density at radius 1 is 0.938 bits per heavy atom. The SMILES string of the molecule is Cc1cc(C)c(N(C(C)O)C(C)O)c(C)c1. The van der Waals surface area contributed by atoms with Gasteiger partial charge in [-0.05, 0) is 45.7 Å². The van der Waals surface area contributed by atoms with Gasteiger partial charge in [-0.3, -0.25) is 0 Å². The van der Waals surface area contributed by atoms with Gasteiger partial charge in [-0.25, -0.2) is 0 Å².